The standard InChI is InChI=1S/C28H23ClFNO2/c29-26-15-17(9-12-27(26)30)18-13-19-10-11-20(14-18)31(19)28(32)33-16-25-23-7-3-1-5-21(23)22-6-2-4-8-24(22)25/h1-9,12-13,15,19-20,25H,10-11,14,16H2. The molecule has 2 heterocycles. The third kappa shape index (κ3) is 3.44. The summed E-state index contributed by atoms with van der Waals surface area (Å²) in [5.41, 5.74) is 6.90. The maximum atomic E-state index is 13.6. The van der Waals surface area contributed by atoms with Crippen molar-refractivity contribution in [1.82, 2.24) is 4.90 Å². The molecule has 2 unspecified atom stereocenters. The number of benzene rings is 3. The highest BCUT2D eigenvalue weighted by Gasteiger charge is 2.41. The Morgan fingerprint density at radius 3 is 2.36 bits per heavy atom. The molecular formula is C28H23ClFNO2. The van der Waals surface area contributed by atoms with E-state index in [0.29, 0.717) is 6.61 Å². The topological polar surface area (TPSA) is 29.5 Å². The first-order chi connectivity index (χ1) is 16.1. The largest absolute Gasteiger partial charge is 0.448 e. The van der Waals surface area contributed by atoms with Crippen molar-refractivity contribution in [3.8, 4) is 11.1 Å². The number of halogens is 2. The third-order valence-electron chi connectivity index (χ3n) is 7.23. The summed E-state index contributed by atoms with van der Waals surface area (Å²) in [7, 11) is 0. The number of nitrogens with zero attached hydrogens (tertiary/aromatic N) is 1. The van der Waals surface area contributed by atoms with Crippen molar-refractivity contribution >= 4 is 23.3 Å². The summed E-state index contributed by atoms with van der Waals surface area (Å²) in [6.07, 6.45) is 4.44. The molecule has 33 heavy (non-hydrogen) atoms. The van der Waals surface area contributed by atoms with Crippen LogP contribution in [0.2, 0.25) is 5.02 Å². The lowest BCUT2D eigenvalue weighted by molar-refractivity contribution is 0.0866. The summed E-state index contributed by atoms with van der Waals surface area (Å²) in [6, 6.07) is 21.6. The predicted octanol–water partition coefficient (Wildman–Crippen LogP) is 7.05. The van der Waals surface area contributed by atoms with Gasteiger partial charge in [-0.25, -0.2) is 9.18 Å². The van der Waals surface area contributed by atoms with Gasteiger partial charge in [0.15, 0.2) is 0 Å². The van der Waals surface area contributed by atoms with Gasteiger partial charge in [-0.2, -0.15) is 0 Å². The Morgan fingerprint density at radius 2 is 1.70 bits per heavy atom. The molecule has 3 aromatic carbocycles. The molecule has 2 atom stereocenters. The van der Waals surface area contributed by atoms with Crippen LogP contribution in [0.15, 0.2) is 72.8 Å². The predicted molar refractivity (Wildman–Crippen MR) is 128 cm³/mol. The van der Waals surface area contributed by atoms with Crippen molar-refractivity contribution < 1.29 is 13.9 Å². The van der Waals surface area contributed by atoms with Crippen molar-refractivity contribution in [2.45, 2.75) is 37.3 Å². The summed E-state index contributed by atoms with van der Waals surface area (Å²) in [5, 5.41) is 0.125. The number of carbonyl (C=O) groups is 1. The van der Waals surface area contributed by atoms with Crippen LogP contribution in [0.3, 0.4) is 0 Å². The zero-order valence-electron chi connectivity index (χ0n) is 18.0. The quantitative estimate of drug-likeness (QED) is 0.420. The molecule has 3 nitrogen and oxygen atoms in total. The highest BCUT2D eigenvalue weighted by molar-refractivity contribution is 6.30. The first-order valence-electron chi connectivity index (χ1n) is 11.4. The molecule has 1 amide bonds. The van der Waals surface area contributed by atoms with E-state index in [2.05, 4.69) is 30.3 Å². The van der Waals surface area contributed by atoms with Gasteiger partial charge in [0.2, 0.25) is 0 Å². The van der Waals surface area contributed by atoms with Crippen LogP contribution < -0.4 is 0 Å². The molecule has 1 fully saturated rings. The van der Waals surface area contributed by atoms with Gasteiger partial charge < -0.3 is 4.74 Å². The van der Waals surface area contributed by atoms with Crippen LogP contribution in [0, 0.1) is 5.82 Å². The molecule has 3 aromatic rings. The molecular weight excluding hydrogens is 437 g/mol. The highest BCUT2D eigenvalue weighted by Crippen LogP contribution is 2.45. The van der Waals surface area contributed by atoms with Gasteiger partial charge in [0.25, 0.3) is 0 Å². The number of hydrogen-bond acceptors (Lipinski definition) is 2. The Kier molecular flexibility index (Phi) is 4.99. The van der Waals surface area contributed by atoms with E-state index in [9.17, 15) is 9.18 Å². The zero-order valence-corrected chi connectivity index (χ0v) is 18.8. The second-order valence-electron chi connectivity index (χ2n) is 9.03. The molecule has 0 N–H and O–H groups in total. The molecule has 166 valence electrons. The van der Waals surface area contributed by atoms with Gasteiger partial charge in [-0.1, -0.05) is 72.3 Å². The molecule has 6 rings (SSSR count). The molecule has 2 aliphatic heterocycles. The van der Waals surface area contributed by atoms with Crippen LogP contribution in [0.5, 0.6) is 0 Å². The molecule has 0 radical (unpaired) electrons. The maximum Gasteiger partial charge on any atom is 0.410 e. The maximum absolute atomic E-state index is 13.6. The monoisotopic (exact) mass is 459 g/mol. The average Bonchev–Trinajstić information content (AvgIpc) is 3.30. The molecule has 3 aliphatic rings. The van der Waals surface area contributed by atoms with Crippen molar-refractivity contribution in [1.29, 1.82) is 0 Å². The van der Waals surface area contributed by atoms with Crippen molar-refractivity contribution in [2.24, 2.45) is 0 Å². The summed E-state index contributed by atoms with van der Waals surface area (Å²) < 4.78 is 19.5. The Balaban J connectivity index is 1.20. The van der Waals surface area contributed by atoms with Crippen LogP contribution in [-0.2, 0) is 4.74 Å². The van der Waals surface area contributed by atoms with Gasteiger partial charge in [0.05, 0.1) is 11.1 Å². The van der Waals surface area contributed by atoms with E-state index < -0.39 is 5.82 Å². The number of fused-ring (bicyclic) bond motifs is 5. The molecule has 1 aliphatic carbocycles. The van der Waals surface area contributed by atoms with Crippen LogP contribution in [-0.4, -0.2) is 29.7 Å². The lowest BCUT2D eigenvalue weighted by Crippen LogP contribution is -2.43. The normalized spacial score (nSPS) is 20.9. The number of ether oxygens (including phenoxy) is 1. The first-order valence-corrected chi connectivity index (χ1v) is 11.8. The molecule has 2 bridgehead atoms. The Labute approximate surface area is 197 Å². The zero-order chi connectivity index (χ0) is 22.5. The van der Waals surface area contributed by atoms with E-state index in [0.717, 1.165) is 30.4 Å². The lowest BCUT2D eigenvalue weighted by Gasteiger charge is -2.33. The minimum absolute atomic E-state index is 0.00164. The minimum Gasteiger partial charge on any atom is -0.448 e. The molecule has 5 heteroatoms. The molecule has 0 aromatic heterocycles. The van der Waals surface area contributed by atoms with Crippen LogP contribution in [0.4, 0.5) is 9.18 Å². The number of hydrogen-bond donors (Lipinski definition) is 0. The molecule has 0 spiro atoms. The minimum atomic E-state index is -0.417. The van der Waals surface area contributed by atoms with Gasteiger partial charge in [-0.15, -0.1) is 0 Å². The molecule has 1 saturated heterocycles. The van der Waals surface area contributed by atoms with Gasteiger partial charge in [-0.3, -0.25) is 4.90 Å². The summed E-state index contributed by atoms with van der Waals surface area (Å²) in [4.78, 5) is 15.1. The lowest BCUT2D eigenvalue weighted by atomic mass is 9.95. The Hall–Kier alpha value is -3.11. The van der Waals surface area contributed by atoms with Crippen LogP contribution in [0.25, 0.3) is 16.7 Å². The van der Waals surface area contributed by atoms with Crippen LogP contribution >= 0.6 is 11.6 Å². The summed E-state index contributed by atoms with van der Waals surface area (Å²) >= 11 is 5.99. The van der Waals surface area contributed by atoms with Crippen LogP contribution in [0.1, 0.15) is 41.9 Å². The van der Waals surface area contributed by atoms with Gasteiger partial charge in [-0.05, 0) is 64.8 Å². The SMILES string of the molecule is O=C(OCC1c2ccccc2-c2ccccc21)N1C2C=C(c3ccc(F)c(Cl)c3)CC1CC2. The fourth-order valence-corrected chi connectivity index (χ4v) is 5.87. The van der Waals surface area contributed by atoms with E-state index in [1.807, 2.05) is 29.2 Å². The fourth-order valence-electron chi connectivity index (χ4n) is 5.69. The van der Waals surface area contributed by atoms with Crippen molar-refractivity contribution in [2.75, 3.05) is 6.61 Å². The second kappa shape index (κ2) is 8.03. The van der Waals surface area contributed by atoms with E-state index in [1.165, 1.54) is 28.3 Å². The summed E-state index contributed by atoms with van der Waals surface area (Å²) in [5.74, 6) is -0.365. The third-order valence-corrected chi connectivity index (χ3v) is 7.52. The number of carbonyl (C=O) groups excluding carboxylic acids is 1. The summed E-state index contributed by atoms with van der Waals surface area (Å²) in [6.45, 7) is 0.326. The Morgan fingerprint density at radius 1 is 1.00 bits per heavy atom. The molecule has 0 saturated carbocycles. The highest BCUT2D eigenvalue weighted by atomic mass is 35.5. The van der Waals surface area contributed by atoms with Gasteiger partial charge >= 0.3 is 6.09 Å². The number of amides is 1. The first kappa shape index (κ1) is 20.5. The van der Waals surface area contributed by atoms with Crippen molar-refractivity contribution in [3.63, 3.8) is 0 Å². The van der Waals surface area contributed by atoms with E-state index in [1.54, 1.807) is 12.1 Å². The second-order valence-corrected chi connectivity index (χ2v) is 9.44. The van der Waals surface area contributed by atoms with E-state index >= 15 is 0 Å². The number of rotatable bonds is 3. The smallest absolute Gasteiger partial charge is 0.410 e. The van der Waals surface area contributed by atoms with E-state index in [-0.39, 0.29) is 29.1 Å². The van der Waals surface area contributed by atoms with Crippen molar-refractivity contribution in [3.05, 3.63) is 100 Å². The van der Waals surface area contributed by atoms with E-state index in [4.69, 9.17) is 16.3 Å². The Bertz CT molecular complexity index is 1240. The van der Waals surface area contributed by atoms with Gasteiger partial charge in [0, 0.05) is 12.0 Å². The average molecular weight is 460 g/mol. The van der Waals surface area contributed by atoms with Gasteiger partial charge in [0.1, 0.15) is 12.4 Å². The fraction of sp³-hybridized carbons (Fsp3) is 0.250.